The van der Waals surface area contributed by atoms with Crippen molar-refractivity contribution in [3.8, 4) is 5.75 Å². The summed E-state index contributed by atoms with van der Waals surface area (Å²) in [5, 5.41) is 26.9. The van der Waals surface area contributed by atoms with Gasteiger partial charge in [-0.3, -0.25) is 0 Å². The molecule has 0 atom stereocenters. The monoisotopic (exact) mass is 246 g/mol. The molecule has 0 radical (unpaired) electrons. The molecular weight excluding hydrogens is 236 g/mol. The third-order valence-corrected chi connectivity index (χ3v) is 2.11. The van der Waals surface area contributed by atoms with E-state index < -0.39 is 12.6 Å². The molecule has 1 rings (SSSR count). The summed E-state index contributed by atoms with van der Waals surface area (Å²) in [5.74, 6) is -0.973. The topological polar surface area (TPSA) is 87.0 Å². The summed E-state index contributed by atoms with van der Waals surface area (Å²) < 4.78 is 4.99. The minimum atomic E-state index is -1.14. The van der Waals surface area contributed by atoms with Crippen molar-refractivity contribution in [3.63, 3.8) is 0 Å². The van der Waals surface area contributed by atoms with E-state index in [4.69, 9.17) is 31.7 Å². The number of hydrogen-bond acceptors (Lipinski definition) is 4. The molecule has 5 nitrogen and oxygen atoms in total. The Hall–Kier alpha value is -1.30. The molecule has 0 aliphatic heterocycles. The predicted octanol–water partition coefficient (Wildman–Crippen LogP) is 0.788. The average molecular weight is 247 g/mol. The zero-order valence-corrected chi connectivity index (χ0v) is 9.07. The number of aliphatic hydroxyl groups is 2. The van der Waals surface area contributed by atoms with Crippen LogP contribution in [-0.2, 0) is 18.0 Å². The van der Waals surface area contributed by atoms with Crippen LogP contribution in [0, 0.1) is 0 Å². The molecule has 0 spiro atoms. The van der Waals surface area contributed by atoms with Crippen LogP contribution in [0.4, 0.5) is 0 Å². The van der Waals surface area contributed by atoms with Crippen molar-refractivity contribution in [2.45, 2.75) is 13.2 Å². The maximum atomic E-state index is 10.4. The lowest BCUT2D eigenvalue weighted by atomic mass is 10.1. The number of halogens is 1. The third kappa shape index (κ3) is 3.10. The van der Waals surface area contributed by atoms with Crippen LogP contribution in [0.2, 0.25) is 5.02 Å². The molecule has 0 aliphatic rings. The predicted molar refractivity (Wildman–Crippen MR) is 56.4 cm³/mol. The molecule has 0 aliphatic carbocycles. The maximum Gasteiger partial charge on any atom is 0.341 e. The van der Waals surface area contributed by atoms with Crippen molar-refractivity contribution in [1.82, 2.24) is 0 Å². The van der Waals surface area contributed by atoms with Gasteiger partial charge in [-0.15, -0.1) is 0 Å². The third-order valence-electron chi connectivity index (χ3n) is 1.89. The summed E-state index contributed by atoms with van der Waals surface area (Å²) in [5.41, 5.74) is 0.690. The number of carbonyl (C=O) groups is 1. The van der Waals surface area contributed by atoms with Gasteiger partial charge in [0, 0.05) is 16.1 Å². The van der Waals surface area contributed by atoms with Gasteiger partial charge in [0.25, 0.3) is 0 Å². The fourth-order valence-electron chi connectivity index (χ4n) is 1.27. The van der Waals surface area contributed by atoms with Crippen LogP contribution in [0.1, 0.15) is 11.1 Å². The van der Waals surface area contributed by atoms with Crippen molar-refractivity contribution >= 4 is 17.6 Å². The van der Waals surface area contributed by atoms with Crippen LogP contribution < -0.4 is 4.74 Å². The molecule has 1 aromatic carbocycles. The van der Waals surface area contributed by atoms with Crippen molar-refractivity contribution in [2.75, 3.05) is 6.61 Å². The van der Waals surface area contributed by atoms with E-state index in [1.165, 1.54) is 12.1 Å². The lowest BCUT2D eigenvalue weighted by Crippen LogP contribution is -2.12. The van der Waals surface area contributed by atoms with Gasteiger partial charge in [-0.25, -0.2) is 4.79 Å². The lowest BCUT2D eigenvalue weighted by molar-refractivity contribution is -0.139. The van der Waals surface area contributed by atoms with Crippen LogP contribution in [0.5, 0.6) is 5.75 Å². The molecular formula is C10H11ClO5. The minimum absolute atomic E-state index is 0.164. The molecule has 0 unspecified atom stereocenters. The SMILES string of the molecule is O=C(O)COc1c(CO)cc(Cl)cc1CO. The van der Waals surface area contributed by atoms with Crippen molar-refractivity contribution < 1.29 is 24.9 Å². The first-order valence-electron chi connectivity index (χ1n) is 4.46. The van der Waals surface area contributed by atoms with E-state index in [0.717, 1.165) is 0 Å². The Morgan fingerprint density at radius 3 is 2.12 bits per heavy atom. The number of carboxylic acids is 1. The van der Waals surface area contributed by atoms with E-state index in [2.05, 4.69) is 0 Å². The van der Waals surface area contributed by atoms with Crippen LogP contribution in [0.25, 0.3) is 0 Å². The Morgan fingerprint density at radius 2 is 1.75 bits per heavy atom. The summed E-state index contributed by atoms with van der Waals surface area (Å²) >= 11 is 5.75. The normalized spacial score (nSPS) is 10.2. The second-order valence-electron chi connectivity index (χ2n) is 3.05. The van der Waals surface area contributed by atoms with E-state index >= 15 is 0 Å². The first kappa shape index (κ1) is 12.8. The van der Waals surface area contributed by atoms with E-state index in [0.29, 0.717) is 16.1 Å². The van der Waals surface area contributed by atoms with E-state index in [1.54, 1.807) is 0 Å². The summed E-state index contributed by atoms with van der Waals surface area (Å²) in [7, 11) is 0. The van der Waals surface area contributed by atoms with Gasteiger partial charge < -0.3 is 20.1 Å². The molecule has 16 heavy (non-hydrogen) atoms. The van der Waals surface area contributed by atoms with Crippen molar-refractivity contribution in [3.05, 3.63) is 28.3 Å². The minimum Gasteiger partial charge on any atom is -0.481 e. The van der Waals surface area contributed by atoms with Gasteiger partial charge in [-0.1, -0.05) is 11.6 Å². The Bertz CT molecular complexity index is 366. The highest BCUT2D eigenvalue weighted by Gasteiger charge is 2.12. The summed E-state index contributed by atoms with van der Waals surface area (Å²) in [6.07, 6.45) is 0. The molecule has 3 N–H and O–H groups in total. The van der Waals surface area contributed by atoms with Crippen LogP contribution in [0.3, 0.4) is 0 Å². The highest BCUT2D eigenvalue weighted by Crippen LogP contribution is 2.28. The number of ether oxygens (including phenoxy) is 1. The highest BCUT2D eigenvalue weighted by atomic mass is 35.5. The average Bonchev–Trinajstić information content (AvgIpc) is 2.25. The molecule has 0 heterocycles. The Kier molecular flexibility index (Phi) is 4.54. The molecule has 0 amide bonds. The zero-order chi connectivity index (χ0) is 12.1. The molecule has 0 fully saturated rings. The number of carboxylic acid groups (broad SMARTS) is 1. The number of rotatable bonds is 5. The van der Waals surface area contributed by atoms with E-state index in [1.807, 2.05) is 0 Å². The van der Waals surface area contributed by atoms with Crippen molar-refractivity contribution in [1.29, 1.82) is 0 Å². The molecule has 6 heteroatoms. The standard InChI is InChI=1S/C10H11ClO5/c11-8-1-6(3-12)10(7(2-8)4-13)16-5-9(14)15/h1-2,12-13H,3-5H2,(H,14,15). The second kappa shape index (κ2) is 5.69. The van der Waals surface area contributed by atoms with Gasteiger partial charge in [0.05, 0.1) is 13.2 Å². The molecule has 0 bridgehead atoms. The Morgan fingerprint density at radius 1 is 1.25 bits per heavy atom. The summed E-state index contributed by atoms with van der Waals surface area (Å²) in [4.78, 5) is 10.4. The van der Waals surface area contributed by atoms with Gasteiger partial charge in [-0.2, -0.15) is 0 Å². The molecule has 1 aromatic rings. The lowest BCUT2D eigenvalue weighted by Gasteiger charge is -2.13. The number of aliphatic carboxylic acids is 1. The van der Waals surface area contributed by atoms with Gasteiger partial charge in [0.2, 0.25) is 0 Å². The Labute approximate surface area is 96.9 Å². The molecule has 0 saturated carbocycles. The quantitative estimate of drug-likeness (QED) is 0.715. The fraction of sp³-hybridized carbons (Fsp3) is 0.300. The molecule has 88 valence electrons. The van der Waals surface area contributed by atoms with Crippen LogP contribution in [0.15, 0.2) is 12.1 Å². The highest BCUT2D eigenvalue weighted by molar-refractivity contribution is 6.30. The maximum absolute atomic E-state index is 10.4. The van der Waals surface area contributed by atoms with E-state index in [-0.39, 0.29) is 19.0 Å². The second-order valence-corrected chi connectivity index (χ2v) is 3.49. The molecule has 0 aromatic heterocycles. The summed E-state index contributed by atoms with van der Waals surface area (Å²) in [6, 6.07) is 2.91. The smallest absolute Gasteiger partial charge is 0.341 e. The van der Waals surface area contributed by atoms with Crippen molar-refractivity contribution in [2.24, 2.45) is 0 Å². The van der Waals surface area contributed by atoms with Gasteiger partial charge >= 0.3 is 5.97 Å². The van der Waals surface area contributed by atoms with Gasteiger partial charge in [0.15, 0.2) is 6.61 Å². The largest absolute Gasteiger partial charge is 0.481 e. The number of benzene rings is 1. The first-order chi connectivity index (χ1) is 7.58. The van der Waals surface area contributed by atoms with Crippen LogP contribution in [-0.4, -0.2) is 27.9 Å². The fourth-order valence-corrected chi connectivity index (χ4v) is 1.53. The first-order valence-corrected chi connectivity index (χ1v) is 4.84. The van der Waals surface area contributed by atoms with Crippen LogP contribution >= 0.6 is 11.6 Å². The zero-order valence-electron chi connectivity index (χ0n) is 8.31. The molecule has 0 saturated heterocycles. The Balaban J connectivity index is 3.06. The van der Waals surface area contributed by atoms with E-state index in [9.17, 15) is 4.79 Å². The number of hydrogen-bond donors (Lipinski definition) is 3. The van der Waals surface area contributed by atoms with Gasteiger partial charge in [-0.05, 0) is 12.1 Å². The van der Waals surface area contributed by atoms with Gasteiger partial charge in [0.1, 0.15) is 5.75 Å². The summed E-state index contributed by atoms with van der Waals surface area (Å²) in [6.45, 7) is -1.23. The number of aliphatic hydroxyl groups excluding tert-OH is 2.